The minimum Gasteiger partial charge on any atom is -0.283 e. The van der Waals surface area contributed by atoms with Crippen molar-refractivity contribution < 1.29 is 0 Å². The van der Waals surface area contributed by atoms with E-state index in [0.717, 1.165) is 11.3 Å². The van der Waals surface area contributed by atoms with Crippen LogP contribution in [0.5, 0.6) is 0 Å². The SMILES string of the molecule is C=C/C(C)=C\C(=N/C(C)(C)C)C(C)(C)C. The fourth-order valence-electron chi connectivity index (χ4n) is 1.05. The minimum atomic E-state index is -0.0272. The van der Waals surface area contributed by atoms with E-state index < -0.39 is 0 Å². The van der Waals surface area contributed by atoms with E-state index in [9.17, 15) is 0 Å². The molecule has 86 valence electrons. The smallest absolute Gasteiger partial charge is 0.0527 e. The first-order chi connectivity index (χ1) is 6.56. The second-order valence-electron chi connectivity index (χ2n) is 6.01. The molecule has 0 aliphatic carbocycles. The van der Waals surface area contributed by atoms with Crippen LogP contribution in [0.2, 0.25) is 0 Å². The van der Waals surface area contributed by atoms with Gasteiger partial charge in [-0.3, -0.25) is 4.99 Å². The zero-order valence-corrected chi connectivity index (χ0v) is 11.3. The summed E-state index contributed by atoms with van der Waals surface area (Å²) in [6.07, 6.45) is 3.99. The topological polar surface area (TPSA) is 12.4 Å². The Bertz CT molecular complexity index is 279. The van der Waals surface area contributed by atoms with Crippen molar-refractivity contribution in [2.24, 2.45) is 10.4 Å². The lowest BCUT2D eigenvalue weighted by Gasteiger charge is -2.24. The molecule has 0 unspecified atom stereocenters. The molecule has 0 aliphatic heterocycles. The molecule has 0 fully saturated rings. The predicted molar refractivity (Wildman–Crippen MR) is 70.6 cm³/mol. The molecule has 0 amide bonds. The van der Waals surface area contributed by atoms with E-state index in [1.165, 1.54) is 0 Å². The average Bonchev–Trinajstić information content (AvgIpc) is 1.98. The summed E-state index contributed by atoms with van der Waals surface area (Å²) in [5, 5.41) is 0. The van der Waals surface area contributed by atoms with E-state index in [-0.39, 0.29) is 11.0 Å². The highest BCUT2D eigenvalue weighted by atomic mass is 14.8. The molecule has 1 nitrogen and oxygen atoms in total. The lowest BCUT2D eigenvalue weighted by molar-refractivity contribution is 0.542. The van der Waals surface area contributed by atoms with Crippen LogP contribution in [0.15, 0.2) is 29.3 Å². The van der Waals surface area contributed by atoms with E-state index >= 15 is 0 Å². The monoisotopic (exact) mass is 207 g/mol. The van der Waals surface area contributed by atoms with Gasteiger partial charge in [-0.05, 0) is 39.3 Å². The summed E-state index contributed by atoms with van der Waals surface area (Å²) in [6.45, 7) is 18.7. The summed E-state index contributed by atoms with van der Waals surface area (Å²) >= 11 is 0. The van der Waals surface area contributed by atoms with Crippen LogP contribution in [0.25, 0.3) is 0 Å². The number of nitrogens with zero attached hydrogens (tertiary/aromatic N) is 1. The van der Waals surface area contributed by atoms with Crippen molar-refractivity contribution in [1.29, 1.82) is 0 Å². The normalized spacial score (nSPS) is 15.4. The Kier molecular flexibility index (Phi) is 4.51. The van der Waals surface area contributed by atoms with Gasteiger partial charge < -0.3 is 0 Å². The number of rotatable bonds is 2. The van der Waals surface area contributed by atoms with Gasteiger partial charge in [0.1, 0.15) is 0 Å². The zero-order valence-electron chi connectivity index (χ0n) is 11.3. The van der Waals surface area contributed by atoms with Gasteiger partial charge in [0.2, 0.25) is 0 Å². The van der Waals surface area contributed by atoms with Crippen LogP contribution in [0, 0.1) is 5.41 Å². The van der Waals surface area contributed by atoms with Crippen LogP contribution in [0.4, 0.5) is 0 Å². The standard InChI is InChI=1S/C14H25N/c1-9-11(2)10-12(13(3,4)5)15-14(6,7)8/h9-10H,1H2,2-8H3/b11-10-,15-12+. The molecule has 0 aromatic heterocycles. The van der Waals surface area contributed by atoms with E-state index in [2.05, 4.69) is 61.1 Å². The zero-order chi connectivity index (χ0) is 12.3. The van der Waals surface area contributed by atoms with Crippen molar-refractivity contribution in [3.63, 3.8) is 0 Å². The summed E-state index contributed by atoms with van der Waals surface area (Å²) in [5.74, 6) is 0. The van der Waals surface area contributed by atoms with Gasteiger partial charge in [-0.15, -0.1) is 0 Å². The maximum atomic E-state index is 4.76. The van der Waals surface area contributed by atoms with Crippen molar-refractivity contribution in [1.82, 2.24) is 0 Å². The Hall–Kier alpha value is -0.850. The summed E-state index contributed by atoms with van der Waals surface area (Å²) in [5.41, 5.74) is 2.35. The van der Waals surface area contributed by atoms with Gasteiger partial charge in [-0.25, -0.2) is 0 Å². The molecular formula is C14H25N. The van der Waals surface area contributed by atoms with Gasteiger partial charge in [-0.1, -0.05) is 33.4 Å². The van der Waals surface area contributed by atoms with Crippen molar-refractivity contribution in [3.8, 4) is 0 Å². The Balaban J connectivity index is 5.28. The lowest BCUT2D eigenvalue weighted by atomic mass is 9.88. The fraction of sp³-hybridized carbons (Fsp3) is 0.643. The molecule has 0 saturated carbocycles. The Morgan fingerprint density at radius 2 is 1.53 bits per heavy atom. The summed E-state index contributed by atoms with van der Waals surface area (Å²) in [4.78, 5) is 4.76. The number of hydrogen-bond donors (Lipinski definition) is 0. The molecule has 0 aromatic carbocycles. The lowest BCUT2D eigenvalue weighted by Crippen LogP contribution is -2.23. The van der Waals surface area contributed by atoms with Crippen molar-refractivity contribution in [2.75, 3.05) is 0 Å². The van der Waals surface area contributed by atoms with Crippen LogP contribution < -0.4 is 0 Å². The Morgan fingerprint density at radius 1 is 1.07 bits per heavy atom. The first kappa shape index (κ1) is 14.2. The maximum absolute atomic E-state index is 4.76. The molecule has 0 aromatic rings. The van der Waals surface area contributed by atoms with E-state index in [0.29, 0.717) is 0 Å². The predicted octanol–water partition coefficient (Wildman–Crippen LogP) is 4.40. The molecule has 0 spiro atoms. The van der Waals surface area contributed by atoms with Crippen molar-refractivity contribution in [2.45, 2.75) is 54.0 Å². The molecule has 0 radical (unpaired) electrons. The van der Waals surface area contributed by atoms with Crippen LogP contribution in [0.3, 0.4) is 0 Å². The molecule has 0 aliphatic rings. The highest BCUT2D eigenvalue weighted by molar-refractivity contribution is 5.99. The molecule has 0 heterocycles. The molecule has 15 heavy (non-hydrogen) atoms. The highest BCUT2D eigenvalue weighted by Gasteiger charge is 2.19. The average molecular weight is 207 g/mol. The molecule has 0 bridgehead atoms. The van der Waals surface area contributed by atoms with Gasteiger partial charge in [0.05, 0.1) is 5.54 Å². The minimum absolute atomic E-state index is 0.0272. The van der Waals surface area contributed by atoms with Crippen LogP contribution in [0.1, 0.15) is 48.5 Å². The quantitative estimate of drug-likeness (QED) is 0.470. The van der Waals surface area contributed by atoms with Gasteiger partial charge in [-0.2, -0.15) is 0 Å². The second kappa shape index (κ2) is 4.78. The molecule has 0 saturated heterocycles. The molecular weight excluding hydrogens is 182 g/mol. The van der Waals surface area contributed by atoms with Crippen LogP contribution in [-0.2, 0) is 0 Å². The van der Waals surface area contributed by atoms with Gasteiger partial charge in [0.25, 0.3) is 0 Å². The number of allylic oxidation sites excluding steroid dienone is 3. The van der Waals surface area contributed by atoms with E-state index in [1.807, 2.05) is 6.08 Å². The third-order valence-corrected chi connectivity index (χ3v) is 1.91. The molecule has 0 rings (SSSR count). The van der Waals surface area contributed by atoms with Crippen LogP contribution >= 0.6 is 0 Å². The second-order valence-corrected chi connectivity index (χ2v) is 6.01. The van der Waals surface area contributed by atoms with Gasteiger partial charge in [0, 0.05) is 11.1 Å². The van der Waals surface area contributed by atoms with Crippen molar-refractivity contribution in [3.05, 3.63) is 24.3 Å². The summed E-state index contributed by atoms with van der Waals surface area (Å²) in [6, 6.07) is 0. The number of hydrogen-bond acceptors (Lipinski definition) is 1. The van der Waals surface area contributed by atoms with Crippen LogP contribution in [-0.4, -0.2) is 11.3 Å². The summed E-state index contributed by atoms with van der Waals surface area (Å²) < 4.78 is 0. The van der Waals surface area contributed by atoms with Crippen molar-refractivity contribution >= 4 is 5.71 Å². The third-order valence-electron chi connectivity index (χ3n) is 1.91. The maximum Gasteiger partial charge on any atom is 0.0527 e. The Morgan fingerprint density at radius 3 is 1.80 bits per heavy atom. The summed E-state index contributed by atoms with van der Waals surface area (Å²) in [7, 11) is 0. The number of aliphatic imine (C=N–C) groups is 1. The molecule has 0 N–H and O–H groups in total. The fourth-order valence-corrected chi connectivity index (χ4v) is 1.05. The van der Waals surface area contributed by atoms with Gasteiger partial charge >= 0.3 is 0 Å². The largest absolute Gasteiger partial charge is 0.283 e. The van der Waals surface area contributed by atoms with Gasteiger partial charge in [0.15, 0.2) is 0 Å². The molecule has 0 atom stereocenters. The third kappa shape index (κ3) is 6.27. The van der Waals surface area contributed by atoms with E-state index in [1.54, 1.807) is 0 Å². The first-order valence-corrected chi connectivity index (χ1v) is 5.47. The Labute approximate surface area is 95.0 Å². The highest BCUT2D eigenvalue weighted by Crippen LogP contribution is 2.21. The van der Waals surface area contributed by atoms with E-state index in [4.69, 9.17) is 4.99 Å². The molecule has 1 heteroatoms. The first-order valence-electron chi connectivity index (χ1n) is 5.47.